The molecule has 0 spiro atoms. The molecule has 0 aromatic heterocycles. The van der Waals surface area contributed by atoms with Crippen molar-refractivity contribution in [3.05, 3.63) is 0 Å². The van der Waals surface area contributed by atoms with Crippen LogP contribution in [0.15, 0.2) is 0 Å². The van der Waals surface area contributed by atoms with Crippen molar-refractivity contribution in [1.82, 2.24) is 10.2 Å². The van der Waals surface area contributed by atoms with Gasteiger partial charge < -0.3 is 5.32 Å². The van der Waals surface area contributed by atoms with E-state index in [1.165, 1.54) is 45.2 Å². The van der Waals surface area contributed by atoms with E-state index in [2.05, 4.69) is 44.8 Å². The number of nitrogens with one attached hydrogen (secondary N) is 1. The van der Waals surface area contributed by atoms with Crippen molar-refractivity contribution >= 4 is 0 Å². The van der Waals surface area contributed by atoms with Crippen molar-refractivity contribution in [1.29, 1.82) is 0 Å². The van der Waals surface area contributed by atoms with Crippen molar-refractivity contribution in [2.75, 3.05) is 13.1 Å². The Bertz CT molecular complexity index is 273. The molecule has 1 saturated carbocycles. The molecule has 2 fully saturated rings. The van der Waals surface area contributed by atoms with Crippen LogP contribution in [0, 0.1) is 11.8 Å². The molecule has 0 aromatic rings. The highest BCUT2D eigenvalue weighted by Crippen LogP contribution is 2.30. The third-order valence-electron chi connectivity index (χ3n) is 5.32. The summed E-state index contributed by atoms with van der Waals surface area (Å²) in [6.07, 6.45) is 6.88. The van der Waals surface area contributed by atoms with Gasteiger partial charge in [-0.25, -0.2) is 0 Å². The highest BCUT2D eigenvalue weighted by molar-refractivity contribution is 4.88. The lowest BCUT2D eigenvalue weighted by Gasteiger charge is -2.43. The van der Waals surface area contributed by atoms with Gasteiger partial charge in [0.2, 0.25) is 0 Å². The summed E-state index contributed by atoms with van der Waals surface area (Å²) in [6, 6.07) is 1.54. The Labute approximate surface area is 120 Å². The summed E-state index contributed by atoms with van der Waals surface area (Å²) in [5.74, 6) is 1.81. The molecule has 1 heterocycles. The predicted molar refractivity (Wildman–Crippen MR) is 83.5 cm³/mol. The lowest BCUT2D eigenvalue weighted by Crippen LogP contribution is -2.53. The molecular formula is C17H34N2. The van der Waals surface area contributed by atoms with E-state index in [0.717, 1.165) is 23.9 Å². The normalized spacial score (nSPS) is 35.5. The minimum atomic E-state index is 0.346. The summed E-state index contributed by atoms with van der Waals surface area (Å²) in [6.45, 7) is 14.4. The summed E-state index contributed by atoms with van der Waals surface area (Å²) >= 11 is 0. The van der Waals surface area contributed by atoms with E-state index in [9.17, 15) is 0 Å². The van der Waals surface area contributed by atoms with Gasteiger partial charge >= 0.3 is 0 Å². The highest BCUT2D eigenvalue weighted by atomic mass is 15.2. The molecule has 1 N–H and O–H groups in total. The molecule has 3 atom stereocenters. The number of nitrogens with zero attached hydrogens (tertiary/aromatic N) is 1. The van der Waals surface area contributed by atoms with Gasteiger partial charge in [-0.1, -0.05) is 13.8 Å². The van der Waals surface area contributed by atoms with Gasteiger partial charge in [-0.15, -0.1) is 0 Å². The van der Waals surface area contributed by atoms with Crippen molar-refractivity contribution in [3.8, 4) is 0 Å². The summed E-state index contributed by atoms with van der Waals surface area (Å²) in [5.41, 5.74) is 0.346. The molecule has 0 radical (unpaired) electrons. The van der Waals surface area contributed by atoms with Gasteiger partial charge in [0.25, 0.3) is 0 Å². The van der Waals surface area contributed by atoms with E-state index in [4.69, 9.17) is 0 Å². The molecule has 1 aliphatic carbocycles. The molecule has 2 heteroatoms. The molecule has 0 amide bonds. The van der Waals surface area contributed by atoms with E-state index in [1.54, 1.807) is 0 Å². The standard InChI is InChI=1S/C17H34N2/c1-13-6-7-16(14(2)12-13)18-15-8-10-19(11-9-15)17(3,4)5/h13-16,18H,6-12H2,1-5H3. The van der Waals surface area contributed by atoms with E-state index < -0.39 is 0 Å². The maximum Gasteiger partial charge on any atom is 0.0125 e. The Kier molecular flexibility index (Phi) is 4.94. The lowest BCUT2D eigenvalue weighted by atomic mass is 9.79. The molecule has 2 aliphatic rings. The minimum absolute atomic E-state index is 0.346. The summed E-state index contributed by atoms with van der Waals surface area (Å²) in [5, 5.41) is 3.97. The van der Waals surface area contributed by atoms with Gasteiger partial charge in [0.1, 0.15) is 0 Å². The fourth-order valence-electron chi connectivity index (χ4n) is 3.93. The van der Waals surface area contributed by atoms with Gasteiger partial charge in [0.05, 0.1) is 0 Å². The van der Waals surface area contributed by atoms with Crippen LogP contribution in [-0.2, 0) is 0 Å². The zero-order valence-corrected chi connectivity index (χ0v) is 13.7. The minimum Gasteiger partial charge on any atom is -0.311 e. The van der Waals surface area contributed by atoms with Crippen LogP contribution in [0.1, 0.15) is 66.7 Å². The largest absolute Gasteiger partial charge is 0.311 e. The zero-order chi connectivity index (χ0) is 14.0. The second-order valence-electron chi connectivity index (χ2n) is 8.10. The molecule has 2 nitrogen and oxygen atoms in total. The summed E-state index contributed by atoms with van der Waals surface area (Å²) in [4.78, 5) is 2.64. The molecule has 2 rings (SSSR count). The number of hydrogen-bond donors (Lipinski definition) is 1. The van der Waals surface area contributed by atoms with Gasteiger partial charge in [-0.2, -0.15) is 0 Å². The molecule has 0 aromatic carbocycles. The monoisotopic (exact) mass is 266 g/mol. The van der Waals surface area contributed by atoms with Crippen molar-refractivity contribution in [3.63, 3.8) is 0 Å². The van der Waals surface area contributed by atoms with Crippen LogP contribution in [0.5, 0.6) is 0 Å². The average Bonchev–Trinajstić information content (AvgIpc) is 2.32. The van der Waals surface area contributed by atoms with Crippen LogP contribution in [0.2, 0.25) is 0 Å². The SMILES string of the molecule is CC1CCC(NC2CCN(C(C)(C)C)CC2)C(C)C1. The molecule has 0 bridgehead atoms. The molecule has 1 saturated heterocycles. The van der Waals surface area contributed by atoms with Crippen molar-refractivity contribution in [2.24, 2.45) is 11.8 Å². The van der Waals surface area contributed by atoms with E-state index in [-0.39, 0.29) is 0 Å². The smallest absolute Gasteiger partial charge is 0.0125 e. The van der Waals surface area contributed by atoms with Crippen LogP contribution in [0.3, 0.4) is 0 Å². The Morgan fingerprint density at radius 1 is 0.947 bits per heavy atom. The summed E-state index contributed by atoms with van der Waals surface area (Å²) < 4.78 is 0. The molecule has 112 valence electrons. The Morgan fingerprint density at radius 3 is 2.11 bits per heavy atom. The Hall–Kier alpha value is -0.0800. The second kappa shape index (κ2) is 6.13. The third-order valence-corrected chi connectivity index (χ3v) is 5.32. The summed E-state index contributed by atoms with van der Waals surface area (Å²) in [7, 11) is 0. The first kappa shape index (κ1) is 15.3. The zero-order valence-electron chi connectivity index (χ0n) is 13.7. The van der Waals surface area contributed by atoms with Gasteiger partial charge in [-0.05, 0) is 64.7 Å². The van der Waals surface area contributed by atoms with Gasteiger partial charge in [-0.3, -0.25) is 4.90 Å². The Balaban J connectivity index is 1.76. The third kappa shape index (κ3) is 4.19. The highest BCUT2D eigenvalue weighted by Gasteiger charge is 2.30. The average molecular weight is 266 g/mol. The topological polar surface area (TPSA) is 15.3 Å². The molecule has 3 unspecified atom stereocenters. The predicted octanol–water partition coefficient (Wildman–Crippen LogP) is 3.66. The van der Waals surface area contributed by atoms with Crippen molar-refractivity contribution in [2.45, 2.75) is 84.3 Å². The number of likely N-dealkylation sites (tertiary alicyclic amines) is 1. The maximum absolute atomic E-state index is 3.97. The van der Waals surface area contributed by atoms with Crippen LogP contribution >= 0.6 is 0 Å². The number of hydrogen-bond acceptors (Lipinski definition) is 2. The molecular weight excluding hydrogens is 232 g/mol. The van der Waals surface area contributed by atoms with Gasteiger partial charge in [0, 0.05) is 30.7 Å². The van der Waals surface area contributed by atoms with Crippen LogP contribution in [-0.4, -0.2) is 35.6 Å². The van der Waals surface area contributed by atoms with E-state index in [1.807, 2.05) is 0 Å². The first-order chi connectivity index (χ1) is 8.86. The second-order valence-corrected chi connectivity index (χ2v) is 8.10. The first-order valence-electron chi connectivity index (χ1n) is 8.37. The van der Waals surface area contributed by atoms with Crippen LogP contribution in [0.25, 0.3) is 0 Å². The van der Waals surface area contributed by atoms with Gasteiger partial charge in [0.15, 0.2) is 0 Å². The number of piperidine rings is 1. The lowest BCUT2D eigenvalue weighted by molar-refractivity contribution is 0.0875. The van der Waals surface area contributed by atoms with Crippen LogP contribution < -0.4 is 5.32 Å². The number of rotatable bonds is 2. The van der Waals surface area contributed by atoms with Crippen molar-refractivity contribution < 1.29 is 0 Å². The quantitative estimate of drug-likeness (QED) is 0.820. The molecule has 19 heavy (non-hydrogen) atoms. The molecule has 1 aliphatic heterocycles. The fourth-order valence-corrected chi connectivity index (χ4v) is 3.93. The van der Waals surface area contributed by atoms with E-state index in [0.29, 0.717) is 5.54 Å². The Morgan fingerprint density at radius 2 is 1.58 bits per heavy atom. The van der Waals surface area contributed by atoms with E-state index >= 15 is 0 Å². The van der Waals surface area contributed by atoms with Crippen LogP contribution in [0.4, 0.5) is 0 Å². The first-order valence-corrected chi connectivity index (χ1v) is 8.37. The fraction of sp³-hybridized carbons (Fsp3) is 1.00. The maximum atomic E-state index is 3.97.